The van der Waals surface area contributed by atoms with Crippen LogP contribution >= 0.6 is 0 Å². The van der Waals surface area contributed by atoms with E-state index < -0.39 is 0 Å². The van der Waals surface area contributed by atoms with Gasteiger partial charge in [0.05, 0.1) is 0 Å². The third-order valence-electron chi connectivity index (χ3n) is 4.95. The SMILES string of the molecule is c1c[se]c(NC2C3CC4CC(C3)CC2C4)n1. The molecule has 1 aromatic heterocycles. The first kappa shape index (κ1) is 9.73. The van der Waals surface area contributed by atoms with Gasteiger partial charge in [0.25, 0.3) is 0 Å². The summed E-state index contributed by atoms with van der Waals surface area (Å²) in [6.45, 7) is 0. The van der Waals surface area contributed by atoms with Gasteiger partial charge in [0, 0.05) is 0 Å². The van der Waals surface area contributed by atoms with Crippen molar-refractivity contribution >= 4 is 19.2 Å². The van der Waals surface area contributed by atoms with E-state index in [-0.39, 0.29) is 0 Å². The number of hydrogen-bond acceptors (Lipinski definition) is 2. The van der Waals surface area contributed by atoms with Gasteiger partial charge < -0.3 is 0 Å². The van der Waals surface area contributed by atoms with Crippen molar-refractivity contribution in [2.75, 3.05) is 5.32 Å². The quantitative estimate of drug-likeness (QED) is 0.842. The first-order valence-corrected chi connectivity index (χ1v) is 8.39. The van der Waals surface area contributed by atoms with Crippen LogP contribution in [0, 0.1) is 23.7 Å². The van der Waals surface area contributed by atoms with Crippen LogP contribution in [0.5, 0.6) is 0 Å². The van der Waals surface area contributed by atoms with Crippen LogP contribution in [-0.4, -0.2) is 25.5 Å². The zero-order valence-corrected chi connectivity index (χ0v) is 11.1. The second-order valence-electron chi connectivity index (χ2n) is 5.94. The molecule has 4 bridgehead atoms. The maximum atomic E-state index is 4.44. The number of rotatable bonds is 2. The minimum absolute atomic E-state index is 0.495. The third kappa shape index (κ3) is 1.48. The van der Waals surface area contributed by atoms with Crippen molar-refractivity contribution in [3.63, 3.8) is 0 Å². The summed E-state index contributed by atoms with van der Waals surface area (Å²) in [5.74, 6) is 4.09. The molecule has 2 nitrogen and oxygen atoms in total. The monoisotopic (exact) mass is 282 g/mol. The van der Waals surface area contributed by atoms with Crippen molar-refractivity contribution in [2.45, 2.75) is 38.1 Å². The van der Waals surface area contributed by atoms with E-state index in [2.05, 4.69) is 15.2 Å². The van der Waals surface area contributed by atoms with Gasteiger partial charge in [-0.25, -0.2) is 0 Å². The Morgan fingerprint density at radius 2 is 1.75 bits per heavy atom. The summed E-state index contributed by atoms with van der Waals surface area (Å²) >= 11 is 0.495. The first-order chi connectivity index (χ1) is 7.88. The molecule has 0 spiro atoms. The van der Waals surface area contributed by atoms with E-state index in [1.54, 1.807) is 6.42 Å². The summed E-state index contributed by atoms with van der Waals surface area (Å²) < 4.78 is 1.28. The molecule has 0 aliphatic heterocycles. The molecule has 1 aromatic rings. The standard InChI is InChI=1S/C13H18N2Se/c1-2-16-13(14-1)15-12-10-4-8-3-9(6-10)7-11(12)5-8/h1-2,8-12H,3-7H2,(H,14,15). The van der Waals surface area contributed by atoms with Crippen LogP contribution in [0.2, 0.25) is 0 Å². The Kier molecular flexibility index (Phi) is 2.20. The van der Waals surface area contributed by atoms with Gasteiger partial charge in [0.1, 0.15) is 0 Å². The molecule has 5 rings (SSSR count). The minimum atomic E-state index is 0.495. The molecule has 0 radical (unpaired) electrons. The van der Waals surface area contributed by atoms with Crippen molar-refractivity contribution in [3.05, 3.63) is 11.1 Å². The molecule has 0 atom stereocenters. The average molecular weight is 281 g/mol. The van der Waals surface area contributed by atoms with E-state index in [9.17, 15) is 0 Å². The van der Waals surface area contributed by atoms with Crippen LogP contribution < -0.4 is 5.32 Å². The summed E-state index contributed by atoms with van der Waals surface area (Å²) in [4.78, 5) is 6.65. The number of nitrogens with zero attached hydrogens (tertiary/aromatic N) is 1. The molecule has 16 heavy (non-hydrogen) atoms. The van der Waals surface area contributed by atoms with Gasteiger partial charge in [-0.1, -0.05) is 0 Å². The summed E-state index contributed by atoms with van der Waals surface area (Å²) in [5.41, 5.74) is 0. The predicted octanol–water partition coefficient (Wildman–Crippen LogP) is 2.38. The molecule has 1 N–H and O–H groups in total. The summed E-state index contributed by atoms with van der Waals surface area (Å²) in [5, 5.41) is 3.78. The molecule has 3 heteroatoms. The van der Waals surface area contributed by atoms with Crippen LogP contribution in [0.25, 0.3) is 0 Å². The molecule has 0 aromatic carbocycles. The van der Waals surface area contributed by atoms with E-state index in [1.165, 1.54) is 30.4 Å². The Labute approximate surface area is 103 Å². The van der Waals surface area contributed by atoms with Crippen LogP contribution in [-0.2, 0) is 0 Å². The molecular weight excluding hydrogens is 263 g/mol. The molecule has 0 amide bonds. The molecule has 86 valence electrons. The van der Waals surface area contributed by atoms with E-state index in [4.69, 9.17) is 0 Å². The maximum absolute atomic E-state index is 4.44. The van der Waals surface area contributed by atoms with Crippen molar-refractivity contribution in [1.29, 1.82) is 0 Å². The summed E-state index contributed by atoms with van der Waals surface area (Å²) in [6.07, 6.45) is 9.51. The van der Waals surface area contributed by atoms with E-state index >= 15 is 0 Å². The molecule has 4 aliphatic carbocycles. The molecule has 4 aliphatic rings. The van der Waals surface area contributed by atoms with Crippen molar-refractivity contribution in [1.82, 2.24) is 4.98 Å². The van der Waals surface area contributed by atoms with Crippen molar-refractivity contribution in [2.24, 2.45) is 23.7 Å². The Hall–Kier alpha value is -0.271. The second-order valence-corrected chi connectivity index (χ2v) is 7.81. The number of anilines is 1. The van der Waals surface area contributed by atoms with Crippen LogP contribution in [0.4, 0.5) is 4.69 Å². The number of nitrogens with one attached hydrogen (secondary N) is 1. The normalized spacial score (nSPS) is 44.9. The van der Waals surface area contributed by atoms with Gasteiger partial charge in [-0.3, -0.25) is 0 Å². The van der Waals surface area contributed by atoms with Crippen LogP contribution in [0.1, 0.15) is 32.1 Å². The zero-order valence-electron chi connectivity index (χ0n) is 9.43. The molecule has 0 saturated heterocycles. The molecule has 0 unspecified atom stereocenters. The molecule has 4 saturated carbocycles. The van der Waals surface area contributed by atoms with Crippen molar-refractivity contribution < 1.29 is 0 Å². The molecular formula is C13H18N2Se. The summed E-state index contributed by atoms with van der Waals surface area (Å²) in [6, 6.07) is 0.772. The Morgan fingerprint density at radius 3 is 2.31 bits per heavy atom. The Morgan fingerprint density at radius 1 is 1.06 bits per heavy atom. The molecule has 4 fully saturated rings. The van der Waals surface area contributed by atoms with Gasteiger partial charge in [-0.2, -0.15) is 0 Å². The van der Waals surface area contributed by atoms with Gasteiger partial charge in [0.15, 0.2) is 0 Å². The fourth-order valence-corrected chi connectivity index (χ4v) is 5.81. The topological polar surface area (TPSA) is 24.9 Å². The Balaban J connectivity index is 1.56. The van der Waals surface area contributed by atoms with E-state index in [0.29, 0.717) is 14.5 Å². The Bertz CT molecular complexity index is 345. The first-order valence-electron chi connectivity index (χ1n) is 6.54. The van der Waals surface area contributed by atoms with Gasteiger partial charge in [-0.15, -0.1) is 0 Å². The van der Waals surface area contributed by atoms with Crippen LogP contribution in [0.15, 0.2) is 11.1 Å². The third-order valence-corrected chi connectivity index (χ3v) is 6.43. The fourth-order valence-electron chi connectivity index (χ4n) is 4.60. The van der Waals surface area contributed by atoms with Gasteiger partial charge in [0.2, 0.25) is 0 Å². The average Bonchev–Trinajstić information content (AvgIpc) is 2.75. The van der Waals surface area contributed by atoms with Gasteiger partial charge >= 0.3 is 102 Å². The van der Waals surface area contributed by atoms with Gasteiger partial charge in [-0.05, 0) is 0 Å². The molecule has 1 heterocycles. The van der Waals surface area contributed by atoms with E-state index in [0.717, 1.165) is 29.7 Å². The van der Waals surface area contributed by atoms with E-state index in [1.807, 2.05) is 6.20 Å². The zero-order chi connectivity index (χ0) is 10.5. The second kappa shape index (κ2) is 3.61. The van der Waals surface area contributed by atoms with Crippen molar-refractivity contribution in [3.8, 4) is 0 Å². The number of aromatic nitrogens is 1. The predicted molar refractivity (Wildman–Crippen MR) is 65.6 cm³/mol. The van der Waals surface area contributed by atoms with Crippen LogP contribution in [0.3, 0.4) is 0 Å². The fraction of sp³-hybridized carbons (Fsp3) is 0.769. The summed E-state index contributed by atoms with van der Waals surface area (Å²) in [7, 11) is 0. The number of hydrogen-bond donors (Lipinski definition) is 1.